The molecule has 1 aliphatic heterocycles. The molecule has 1 atom stereocenters. The van der Waals surface area contributed by atoms with Gasteiger partial charge in [0.05, 0.1) is 4.90 Å². The Hall–Kier alpha value is -2.71. The molecular weight excluding hydrogens is 426 g/mol. The summed E-state index contributed by atoms with van der Waals surface area (Å²) in [6, 6.07) is 14.0. The van der Waals surface area contributed by atoms with Crippen molar-refractivity contribution in [3.8, 4) is 0 Å². The Labute approximate surface area is 190 Å². The lowest BCUT2D eigenvalue weighted by Gasteiger charge is -2.31. The van der Waals surface area contributed by atoms with E-state index in [0.717, 1.165) is 16.7 Å². The van der Waals surface area contributed by atoms with Crippen molar-refractivity contribution in [2.45, 2.75) is 51.1 Å². The molecule has 32 heavy (non-hydrogen) atoms. The van der Waals surface area contributed by atoms with Gasteiger partial charge in [-0.15, -0.1) is 0 Å². The van der Waals surface area contributed by atoms with Crippen molar-refractivity contribution in [3.63, 3.8) is 0 Å². The van der Waals surface area contributed by atoms with Gasteiger partial charge in [-0.25, -0.2) is 8.42 Å². The quantitative estimate of drug-likeness (QED) is 0.668. The fourth-order valence-corrected chi connectivity index (χ4v) is 5.13. The van der Waals surface area contributed by atoms with E-state index in [9.17, 15) is 18.0 Å². The van der Waals surface area contributed by atoms with E-state index in [2.05, 4.69) is 10.6 Å². The van der Waals surface area contributed by atoms with Gasteiger partial charge in [0.1, 0.15) is 6.04 Å². The summed E-state index contributed by atoms with van der Waals surface area (Å²) in [5.41, 5.74) is 3.14. The maximum absolute atomic E-state index is 12.8. The van der Waals surface area contributed by atoms with Gasteiger partial charge in [0, 0.05) is 25.6 Å². The molecule has 2 aromatic rings. The molecule has 1 unspecified atom stereocenters. The zero-order chi connectivity index (χ0) is 23.3. The van der Waals surface area contributed by atoms with Crippen LogP contribution in [0, 0.1) is 19.8 Å². The number of rotatable bonds is 7. The molecule has 0 saturated carbocycles. The molecule has 0 radical (unpaired) electrons. The highest BCUT2D eigenvalue weighted by atomic mass is 32.2. The topological polar surface area (TPSA) is 95.6 Å². The lowest BCUT2D eigenvalue weighted by Crippen LogP contribution is -2.49. The van der Waals surface area contributed by atoms with E-state index in [1.807, 2.05) is 38.1 Å². The second kappa shape index (κ2) is 10.3. The molecule has 1 saturated heterocycles. The van der Waals surface area contributed by atoms with Gasteiger partial charge < -0.3 is 10.6 Å². The third-order valence-electron chi connectivity index (χ3n) is 5.82. The highest BCUT2D eigenvalue weighted by molar-refractivity contribution is 7.89. The zero-order valence-corrected chi connectivity index (χ0v) is 19.6. The minimum absolute atomic E-state index is 0.213. The second-order valence-electron chi connectivity index (χ2n) is 8.43. The number of nitrogens with one attached hydrogen (secondary N) is 2. The Morgan fingerprint density at radius 1 is 0.969 bits per heavy atom. The first-order valence-corrected chi connectivity index (χ1v) is 12.3. The van der Waals surface area contributed by atoms with Crippen LogP contribution in [0.3, 0.4) is 0 Å². The smallest absolute Gasteiger partial charge is 0.243 e. The van der Waals surface area contributed by atoms with Crippen LogP contribution in [-0.4, -0.2) is 43.7 Å². The van der Waals surface area contributed by atoms with Crippen LogP contribution < -0.4 is 10.6 Å². The van der Waals surface area contributed by atoms with Gasteiger partial charge in [-0.05, 0) is 51.3 Å². The molecule has 2 N–H and O–H groups in total. The number of nitrogens with zero attached hydrogens (tertiary/aromatic N) is 1. The molecule has 0 bridgehead atoms. The van der Waals surface area contributed by atoms with Crippen molar-refractivity contribution in [3.05, 3.63) is 65.2 Å². The highest BCUT2D eigenvalue weighted by Gasteiger charge is 2.32. The largest absolute Gasteiger partial charge is 0.350 e. The van der Waals surface area contributed by atoms with E-state index < -0.39 is 16.1 Å². The second-order valence-corrected chi connectivity index (χ2v) is 10.4. The Morgan fingerprint density at radius 3 is 2.06 bits per heavy atom. The number of aryl methyl sites for hydroxylation is 2. The van der Waals surface area contributed by atoms with E-state index in [4.69, 9.17) is 0 Å². The van der Waals surface area contributed by atoms with Gasteiger partial charge in [-0.3, -0.25) is 9.59 Å². The third-order valence-corrected chi connectivity index (χ3v) is 7.74. The normalized spacial score (nSPS) is 16.3. The number of amides is 2. The van der Waals surface area contributed by atoms with E-state index in [1.165, 1.54) is 4.31 Å². The van der Waals surface area contributed by atoms with Crippen LogP contribution in [0.2, 0.25) is 0 Å². The van der Waals surface area contributed by atoms with E-state index in [0.29, 0.717) is 19.4 Å². The van der Waals surface area contributed by atoms with Gasteiger partial charge >= 0.3 is 0 Å². The molecule has 1 fully saturated rings. The lowest BCUT2D eigenvalue weighted by atomic mass is 9.97. The summed E-state index contributed by atoms with van der Waals surface area (Å²) in [6.07, 6.45) is 0.850. The Kier molecular flexibility index (Phi) is 7.69. The first-order chi connectivity index (χ1) is 15.2. The van der Waals surface area contributed by atoms with Crippen LogP contribution in [0.5, 0.6) is 0 Å². The van der Waals surface area contributed by atoms with Gasteiger partial charge in [0.25, 0.3) is 0 Å². The average molecular weight is 458 g/mol. The van der Waals surface area contributed by atoms with Crippen LogP contribution in [0.15, 0.2) is 53.4 Å². The maximum atomic E-state index is 12.8. The van der Waals surface area contributed by atoms with Crippen LogP contribution in [0.25, 0.3) is 0 Å². The molecule has 172 valence electrons. The summed E-state index contributed by atoms with van der Waals surface area (Å²) in [5, 5.41) is 5.60. The first-order valence-electron chi connectivity index (χ1n) is 10.9. The molecule has 8 heteroatoms. The molecule has 1 aliphatic rings. The third kappa shape index (κ3) is 5.95. The van der Waals surface area contributed by atoms with E-state index >= 15 is 0 Å². The summed E-state index contributed by atoms with van der Waals surface area (Å²) in [6.45, 7) is 6.52. The van der Waals surface area contributed by atoms with Gasteiger partial charge in [0.2, 0.25) is 21.8 Å². The monoisotopic (exact) mass is 457 g/mol. The standard InChI is InChI=1S/C24H31N3O4S/c1-17-4-8-20(9-5-17)16-25-23(28)19(3)26-24(29)21-12-14-27(15-13-21)32(30,31)22-10-6-18(2)7-11-22/h4-11,19,21H,12-16H2,1-3H3,(H,25,28)(H,26,29). The Bertz CT molecular complexity index is 1040. The van der Waals surface area contributed by atoms with Crippen molar-refractivity contribution in [1.82, 2.24) is 14.9 Å². The Balaban J connectivity index is 1.47. The molecule has 0 aromatic heterocycles. The minimum atomic E-state index is -3.56. The van der Waals surface area contributed by atoms with Crippen molar-refractivity contribution < 1.29 is 18.0 Å². The van der Waals surface area contributed by atoms with E-state index in [-0.39, 0.29) is 35.7 Å². The van der Waals surface area contributed by atoms with Crippen LogP contribution in [0.1, 0.15) is 36.5 Å². The van der Waals surface area contributed by atoms with Crippen molar-refractivity contribution in [1.29, 1.82) is 0 Å². The Morgan fingerprint density at radius 2 is 1.50 bits per heavy atom. The minimum Gasteiger partial charge on any atom is -0.350 e. The predicted octanol–water partition coefficient (Wildman–Crippen LogP) is 2.53. The number of carbonyl (C=O) groups is 2. The van der Waals surface area contributed by atoms with Crippen molar-refractivity contribution in [2.75, 3.05) is 13.1 Å². The van der Waals surface area contributed by atoms with Crippen molar-refractivity contribution >= 4 is 21.8 Å². The molecular formula is C24H31N3O4S. The molecule has 1 heterocycles. The highest BCUT2D eigenvalue weighted by Crippen LogP contribution is 2.24. The van der Waals surface area contributed by atoms with Gasteiger partial charge in [-0.1, -0.05) is 47.5 Å². The molecule has 2 amide bonds. The van der Waals surface area contributed by atoms with Gasteiger partial charge in [-0.2, -0.15) is 4.31 Å². The number of piperidine rings is 1. The van der Waals surface area contributed by atoms with Crippen LogP contribution >= 0.6 is 0 Å². The van der Waals surface area contributed by atoms with Gasteiger partial charge in [0.15, 0.2) is 0 Å². The van der Waals surface area contributed by atoms with Crippen LogP contribution in [0.4, 0.5) is 0 Å². The van der Waals surface area contributed by atoms with Crippen LogP contribution in [-0.2, 0) is 26.2 Å². The summed E-state index contributed by atoms with van der Waals surface area (Å²) in [7, 11) is -3.56. The summed E-state index contributed by atoms with van der Waals surface area (Å²) < 4.78 is 27.1. The zero-order valence-electron chi connectivity index (χ0n) is 18.8. The number of carbonyl (C=O) groups excluding carboxylic acids is 2. The summed E-state index contributed by atoms with van der Waals surface area (Å²) >= 11 is 0. The fourth-order valence-electron chi connectivity index (χ4n) is 3.66. The lowest BCUT2D eigenvalue weighted by molar-refractivity contribution is -0.131. The first kappa shape index (κ1) is 23.9. The summed E-state index contributed by atoms with van der Waals surface area (Å²) in [5.74, 6) is -0.777. The molecule has 0 spiro atoms. The number of hydrogen-bond donors (Lipinski definition) is 2. The molecule has 0 aliphatic carbocycles. The predicted molar refractivity (Wildman–Crippen MR) is 123 cm³/mol. The number of sulfonamides is 1. The molecule has 7 nitrogen and oxygen atoms in total. The average Bonchev–Trinajstić information content (AvgIpc) is 2.78. The fraction of sp³-hybridized carbons (Fsp3) is 0.417. The number of hydrogen-bond acceptors (Lipinski definition) is 4. The van der Waals surface area contributed by atoms with Crippen molar-refractivity contribution in [2.24, 2.45) is 5.92 Å². The molecule has 3 rings (SSSR count). The molecule has 2 aromatic carbocycles. The summed E-state index contributed by atoms with van der Waals surface area (Å²) in [4.78, 5) is 25.3. The SMILES string of the molecule is Cc1ccc(CNC(=O)C(C)NC(=O)C2CCN(S(=O)(=O)c3ccc(C)cc3)CC2)cc1. The van der Waals surface area contributed by atoms with E-state index in [1.54, 1.807) is 31.2 Å². The maximum Gasteiger partial charge on any atom is 0.243 e. The number of benzene rings is 2.